The molecular weight excluding hydrogens is 292 g/mol. The summed E-state index contributed by atoms with van der Waals surface area (Å²) in [6.45, 7) is 0.370. The normalized spacial score (nSPS) is 22.4. The Labute approximate surface area is 141 Å². The first-order valence-corrected chi connectivity index (χ1v) is 9.60. The molecule has 0 radical (unpaired) electrons. The first-order valence-electron chi connectivity index (χ1n) is 9.60. The van der Waals surface area contributed by atoms with Crippen molar-refractivity contribution in [3.63, 3.8) is 0 Å². The number of hydrogen-bond acceptors (Lipinski definition) is 4. The summed E-state index contributed by atoms with van der Waals surface area (Å²) < 4.78 is 10.1. The third-order valence-corrected chi connectivity index (χ3v) is 4.37. The highest BCUT2D eigenvalue weighted by Crippen LogP contribution is 2.13. The van der Waals surface area contributed by atoms with Gasteiger partial charge in [-0.3, -0.25) is 9.59 Å². The fourth-order valence-corrected chi connectivity index (χ4v) is 2.94. The highest BCUT2D eigenvalue weighted by atomic mass is 16.6. The van der Waals surface area contributed by atoms with Gasteiger partial charge >= 0.3 is 11.9 Å². The molecule has 0 saturated carbocycles. The average molecular weight is 326 g/mol. The molecule has 134 valence electrons. The Morgan fingerprint density at radius 3 is 1.00 bits per heavy atom. The third kappa shape index (κ3) is 13.1. The van der Waals surface area contributed by atoms with Crippen LogP contribution in [-0.2, 0) is 19.1 Å². The van der Waals surface area contributed by atoms with Crippen LogP contribution < -0.4 is 0 Å². The molecule has 0 aromatic rings. The molecule has 4 nitrogen and oxygen atoms in total. The number of carbonyl (C=O) groups excluding carboxylic acids is 2. The maximum atomic E-state index is 11.5. The molecule has 1 aliphatic rings. The molecule has 0 N–H and O–H groups in total. The van der Waals surface area contributed by atoms with Crippen molar-refractivity contribution in [2.45, 2.75) is 96.3 Å². The quantitative estimate of drug-likeness (QED) is 0.592. The lowest BCUT2D eigenvalue weighted by Crippen LogP contribution is -2.13. The molecule has 0 spiro atoms. The molecule has 1 aliphatic heterocycles. The summed E-state index contributed by atoms with van der Waals surface area (Å²) in [5.74, 6) is -0.348. The lowest BCUT2D eigenvalue weighted by atomic mass is 10.0. The van der Waals surface area contributed by atoms with Gasteiger partial charge in [-0.2, -0.15) is 0 Å². The first kappa shape index (κ1) is 20.0. The van der Waals surface area contributed by atoms with Crippen molar-refractivity contribution in [1.82, 2.24) is 0 Å². The van der Waals surface area contributed by atoms with Gasteiger partial charge in [0.1, 0.15) is 13.2 Å². The SMILES string of the molecule is O=C1CCCCCCCCCCCCCCCC(=O)OCCO1. The van der Waals surface area contributed by atoms with Gasteiger partial charge in [0.15, 0.2) is 0 Å². The Morgan fingerprint density at radius 1 is 0.435 bits per heavy atom. The summed E-state index contributed by atoms with van der Waals surface area (Å²) in [5.41, 5.74) is 0. The molecule has 1 saturated heterocycles. The van der Waals surface area contributed by atoms with Crippen molar-refractivity contribution < 1.29 is 19.1 Å². The van der Waals surface area contributed by atoms with Gasteiger partial charge in [-0.05, 0) is 12.8 Å². The summed E-state index contributed by atoms with van der Waals surface area (Å²) in [4.78, 5) is 23.0. The van der Waals surface area contributed by atoms with Crippen LogP contribution in [0.25, 0.3) is 0 Å². The molecule has 0 unspecified atom stereocenters. The molecule has 0 atom stereocenters. The maximum Gasteiger partial charge on any atom is 0.305 e. The Hall–Kier alpha value is -1.06. The second kappa shape index (κ2) is 14.5. The zero-order valence-corrected chi connectivity index (χ0v) is 14.7. The van der Waals surface area contributed by atoms with Gasteiger partial charge in [0, 0.05) is 12.8 Å². The predicted octanol–water partition coefficient (Wildman–Crippen LogP) is 4.94. The summed E-state index contributed by atoms with van der Waals surface area (Å²) in [5, 5.41) is 0. The van der Waals surface area contributed by atoms with Crippen LogP contribution in [0.5, 0.6) is 0 Å². The summed E-state index contributed by atoms with van der Waals surface area (Å²) in [7, 11) is 0. The number of cyclic esters (lactones) is 2. The van der Waals surface area contributed by atoms with E-state index in [0.29, 0.717) is 12.8 Å². The zero-order valence-electron chi connectivity index (χ0n) is 14.7. The molecule has 0 aliphatic carbocycles. The zero-order chi connectivity index (χ0) is 16.6. The Kier molecular flexibility index (Phi) is 12.6. The molecule has 0 aromatic heterocycles. The largest absolute Gasteiger partial charge is 0.462 e. The molecule has 0 aromatic carbocycles. The van der Waals surface area contributed by atoms with Crippen LogP contribution in [-0.4, -0.2) is 25.2 Å². The molecule has 1 heterocycles. The van der Waals surface area contributed by atoms with Crippen molar-refractivity contribution in [3.05, 3.63) is 0 Å². The predicted molar refractivity (Wildman–Crippen MR) is 91.2 cm³/mol. The van der Waals surface area contributed by atoms with E-state index in [0.717, 1.165) is 25.7 Å². The van der Waals surface area contributed by atoms with Gasteiger partial charge in [0.2, 0.25) is 0 Å². The minimum absolute atomic E-state index is 0.174. The molecule has 0 bridgehead atoms. The highest BCUT2D eigenvalue weighted by Gasteiger charge is 2.06. The molecule has 4 heteroatoms. The van der Waals surface area contributed by atoms with Crippen LogP contribution in [0.2, 0.25) is 0 Å². The van der Waals surface area contributed by atoms with Crippen LogP contribution >= 0.6 is 0 Å². The topological polar surface area (TPSA) is 52.6 Å². The lowest BCUT2D eigenvalue weighted by Gasteiger charge is -2.06. The van der Waals surface area contributed by atoms with Gasteiger partial charge in [0.25, 0.3) is 0 Å². The molecule has 23 heavy (non-hydrogen) atoms. The average Bonchev–Trinajstić information content (AvgIpc) is 2.54. The van der Waals surface area contributed by atoms with Gasteiger partial charge < -0.3 is 9.47 Å². The monoisotopic (exact) mass is 326 g/mol. The van der Waals surface area contributed by atoms with E-state index < -0.39 is 0 Å². The van der Waals surface area contributed by atoms with Crippen LogP contribution in [0.15, 0.2) is 0 Å². The minimum atomic E-state index is -0.174. The van der Waals surface area contributed by atoms with Crippen molar-refractivity contribution in [2.24, 2.45) is 0 Å². The molecule has 1 fully saturated rings. The first-order chi connectivity index (χ1) is 11.3. The van der Waals surface area contributed by atoms with Gasteiger partial charge in [0.05, 0.1) is 0 Å². The fourth-order valence-electron chi connectivity index (χ4n) is 2.94. The van der Waals surface area contributed by atoms with Crippen LogP contribution in [0, 0.1) is 0 Å². The smallest absolute Gasteiger partial charge is 0.305 e. The number of carbonyl (C=O) groups is 2. The van der Waals surface area contributed by atoms with E-state index in [1.165, 1.54) is 57.8 Å². The third-order valence-electron chi connectivity index (χ3n) is 4.37. The van der Waals surface area contributed by atoms with Crippen molar-refractivity contribution in [2.75, 3.05) is 13.2 Å². The number of ether oxygens (including phenoxy) is 2. The number of hydrogen-bond donors (Lipinski definition) is 0. The second-order valence-electron chi connectivity index (χ2n) is 6.54. The van der Waals surface area contributed by atoms with Crippen LogP contribution in [0.4, 0.5) is 0 Å². The minimum Gasteiger partial charge on any atom is -0.462 e. The van der Waals surface area contributed by atoms with Crippen LogP contribution in [0.1, 0.15) is 96.3 Å². The summed E-state index contributed by atoms with van der Waals surface area (Å²) >= 11 is 0. The number of rotatable bonds is 0. The highest BCUT2D eigenvalue weighted by molar-refractivity contribution is 5.70. The van der Waals surface area contributed by atoms with Crippen molar-refractivity contribution in [3.8, 4) is 0 Å². The van der Waals surface area contributed by atoms with E-state index in [1.54, 1.807) is 0 Å². The Bertz CT molecular complexity index is 284. The van der Waals surface area contributed by atoms with E-state index >= 15 is 0 Å². The van der Waals surface area contributed by atoms with E-state index in [4.69, 9.17) is 9.47 Å². The van der Waals surface area contributed by atoms with Crippen molar-refractivity contribution >= 4 is 11.9 Å². The molecule has 0 amide bonds. The van der Waals surface area contributed by atoms with E-state index in [1.807, 2.05) is 0 Å². The van der Waals surface area contributed by atoms with E-state index in [2.05, 4.69) is 0 Å². The van der Waals surface area contributed by atoms with Gasteiger partial charge in [-0.25, -0.2) is 0 Å². The van der Waals surface area contributed by atoms with Gasteiger partial charge in [-0.15, -0.1) is 0 Å². The number of esters is 2. The van der Waals surface area contributed by atoms with E-state index in [9.17, 15) is 9.59 Å². The molecule has 1 rings (SSSR count). The second-order valence-corrected chi connectivity index (χ2v) is 6.54. The van der Waals surface area contributed by atoms with Crippen molar-refractivity contribution in [1.29, 1.82) is 0 Å². The van der Waals surface area contributed by atoms with Crippen LogP contribution in [0.3, 0.4) is 0 Å². The summed E-state index contributed by atoms with van der Waals surface area (Å²) in [6.07, 6.45) is 16.6. The van der Waals surface area contributed by atoms with Gasteiger partial charge in [-0.1, -0.05) is 70.6 Å². The molecular formula is C19H34O4. The maximum absolute atomic E-state index is 11.5. The fraction of sp³-hybridized carbons (Fsp3) is 0.895. The standard InChI is InChI=1S/C19H34O4/c20-18-14-12-10-8-6-4-2-1-3-5-7-9-11-13-15-19(21)23-17-16-22-18/h1-17H2. The Balaban J connectivity index is 2.18. The Morgan fingerprint density at radius 2 is 0.696 bits per heavy atom. The lowest BCUT2D eigenvalue weighted by molar-refractivity contribution is -0.152. The summed E-state index contributed by atoms with van der Waals surface area (Å²) in [6, 6.07) is 0. The van der Waals surface area contributed by atoms with E-state index in [-0.39, 0.29) is 25.2 Å².